The molecule has 2 amide bonds. The summed E-state index contributed by atoms with van der Waals surface area (Å²) in [6.45, 7) is 2.33. The van der Waals surface area contributed by atoms with Crippen molar-refractivity contribution in [2.24, 2.45) is 17.8 Å². The van der Waals surface area contributed by atoms with E-state index in [2.05, 4.69) is 5.32 Å². The normalized spacial score (nSPS) is 27.6. The van der Waals surface area contributed by atoms with E-state index in [1.165, 1.54) is 25.7 Å². The van der Waals surface area contributed by atoms with Crippen molar-refractivity contribution in [3.05, 3.63) is 0 Å². The van der Waals surface area contributed by atoms with Crippen molar-refractivity contribution >= 4 is 11.8 Å². The first-order valence-corrected chi connectivity index (χ1v) is 8.30. The minimum absolute atomic E-state index is 0.0212. The maximum atomic E-state index is 12.3. The highest BCUT2D eigenvalue weighted by Crippen LogP contribution is 2.32. The van der Waals surface area contributed by atoms with E-state index in [0.717, 1.165) is 38.8 Å². The quantitative estimate of drug-likeness (QED) is 0.854. The zero-order valence-electron chi connectivity index (χ0n) is 12.3. The lowest BCUT2D eigenvalue weighted by Crippen LogP contribution is -2.46. The molecule has 3 aliphatic rings. The number of amides is 2. The summed E-state index contributed by atoms with van der Waals surface area (Å²) in [5, 5.41) is 3.12. The van der Waals surface area contributed by atoms with E-state index in [0.29, 0.717) is 18.4 Å². The van der Waals surface area contributed by atoms with Gasteiger partial charge in [0.15, 0.2) is 0 Å². The standard InChI is InChI=1S/C16H26N2O2/c19-15(17-10-12-4-1-2-5-12)14-6-3-9-18(11-14)16(20)13-7-8-13/h12-14H,1-11H2,(H,17,19)/t14-/m1/s1. The largest absolute Gasteiger partial charge is 0.356 e. The lowest BCUT2D eigenvalue weighted by molar-refractivity contribution is -0.136. The molecule has 20 heavy (non-hydrogen) atoms. The van der Waals surface area contributed by atoms with Crippen LogP contribution in [-0.4, -0.2) is 36.3 Å². The number of carbonyl (C=O) groups is 2. The highest BCUT2D eigenvalue weighted by Gasteiger charge is 2.36. The second-order valence-electron chi connectivity index (χ2n) is 6.79. The molecule has 4 heteroatoms. The Hall–Kier alpha value is -1.06. The zero-order chi connectivity index (χ0) is 13.9. The molecule has 1 heterocycles. The fraction of sp³-hybridized carbons (Fsp3) is 0.875. The first-order chi connectivity index (χ1) is 9.74. The van der Waals surface area contributed by atoms with Gasteiger partial charge >= 0.3 is 0 Å². The maximum absolute atomic E-state index is 12.3. The molecule has 112 valence electrons. The van der Waals surface area contributed by atoms with Gasteiger partial charge in [-0.25, -0.2) is 0 Å². The molecule has 4 nitrogen and oxygen atoms in total. The summed E-state index contributed by atoms with van der Waals surface area (Å²) in [5.41, 5.74) is 0. The summed E-state index contributed by atoms with van der Waals surface area (Å²) >= 11 is 0. The number of rotatable bonds is 4. The predicted octanol–water partition coefficient (Wildman–Crippen LogP) is 1.94. The monoisotopic (exact) mass is 278 g/mol. The van der Waals surface area contributed by atoms with E-state index < -0.39 is 0 Å². The van der Waals surface area contributed by atoms with Crippen molar-refractivity contribution in [1.82, 2.24) is 10.2 Å². The van der Waals surface area contributed by atoms with E-state index in [4.69, 9.17) is 0 Å². The van der Waals surface area contributed by atoms with Gasteiger partial charge in [-0.1, -0.05) is 12.8 Å². The maximum Gasteiger partial charge on any atom is 0.225 e. The molecule has 0 spiro atoms. The van der Waals surface area contributed by atoms with Crippen molar-refractivity contribution in [3.63, 3.8) is 0 Å². The lowest BCUT2D eigenvalue weighted by atomic mass is 9.96. The van der Waals surface area contributed by atoms with Gasteiger partial charge in [-0.3, -0.25) is 9.59 Å². The summed E-state index contributed by atoms with van der Waals surface area (Å²) in [4.78, 5) is 26.3. The molecule has 0 unspecified atom stereocenters. The van der Waals surface area contributed by atoms with Crippen molar-refractivity contribution in [2.45, 2.75) is 51.4 Å². The number of nitrogens with zero attached hydrogens (tertiary/aromatic N) is 1. The fourth-order valence-electron chi connectivity index (χ4n) is 3.58. The molecule has 1 atom stereocenters. The molecule has 1 saturated heterocycles. The summed E-state index contributed by atoms with van der Waals surface area (Å²) in [6.07, 6.45) is 9.16. The Kier molecular flexibility index (Phi) is 4.27. The molecule has 0 aromatic heterocycles. The molecule has 0 radical (unpaired) electrons. The second-order valence-corrected chi connectivity index (χ2v) is 6.79. The first kappa shape index (κ1) is 13.9. The molecule has 2 aliphatic carbocycles. The van der Waals surface area contributed by atoms with Crippen LogP contribution in [0, 0.1) is 17.8 Å². The Morgan fingerprint density at radius 3 is 2.40 bits per heavy atom. The Morgan fingerprint density at radius 2 is 1.70 bits per heavy atom. The van der Waals surface area contributed by atoms with Crippen LogP contribution < -0.4 is 5.32 Å². The van der Waals surface area contributed by atoms with Crippen LogP contribution in [0.5, 0.6) is 0 Å². The summed E-state index contributed by atoms with van der Waals surface area (Å²) in [7, 11) is 0. The minimum atomic E-state index is 0.0212. The van der Waals surface area contributed by atoms with Gasteiger partial charge < -0.3 is 10.2 Å². The molecule has 1 aliphatic heterocycles. The number of hydrogen-bond acceptors (Lipinski definition) is 2. The van der Waals surface area contributed by atoms with Crippen LogP contribution in [0.3, 0.4) is 0 Å². The van der Waals surface area contributed by atoms with Gasteiger partial charge in [-0.05, 0) is 44.4 Å². The minimum Gasteiger partial charge on any atom is -0.356 e. The fourth-order valence-corrected chi connectivity index (χ4v) is 3.58. The van der Waals surface area contributed by atoms with Crippen LogP contribution in [0.4, 0.5) is 0 Å². The number of piperidine rings is 1. The molecule has 2 saturated carbocycles. The van der Waals surface area contributed by atoms with Crippen molar-refractivity contribution in [3.8, 4) is 0 Å². The second kappa shape index (κ2) is 6.15. The Bertz CT molecular complexity index is 373. The Labute approximate surface area is 121 Å². The third kappa shape index (κ3) is 3.33. The molecule has 0 aromatic carbocycles. The first-order valence-electron chi connectivity index (χ1n) is 8.30. The van der Waals surface area contributed by atoms with Crippen LogP contribution in [-0.2, 0) is 9.59 Å². The zero-order valence-corrected chi connectivity index (χ0v) is 12.3. The SMILES string of the molecule is O=C(NCC1CCCC1)[C@@H]1CCCN(C(=O)C2CC2)C1. The Balaban J connectivity index is 1.45. The van der Waals surface area contributed by atoms with Gasteiger partial charge in [-0.15, -0.1) is 0 Å². The summed E-state index contributed by atoms with van der Waals surface area (Å²) in [6, 6.07) is 0. The number of carbonyl (C=O) groups excluding carboxylic acids is 2. The molecule has 1 N–H and O–H groups in total. The molecule has 0 aromatic rings. The average molecular weight is 278 g/mol. The van der Waals surface area contributed by atoms with Gasteiger partial charge in [0, 0.05) is 25.6 Å². The van der Waals surface area contributed by atoms with Crippen LogP contribution in [0.25, 0.3) is 0 Å². The third-order valence-electron chi connectivity index (χ3n) is 5.07. The van der Waals surface area contributed by atoms with Gasteiger partial charge in [-0.2, -0.15) is 0 Å². The molecule has 3 rings (SSSR count). The number of nitrogens with one attached hydrogen (secondary N) is 1. The van der Waals surface area contributed by atoms with E-state index in [1.807, 2.05) is 4.90 Å². The van der Waals surface area contributed by atoms with E-state index in [1.54, 1.807) is 0 Å². The van der Waals surface area contributed by atoms with Gasteiger partial charge in [0.2, 0.25) is 11.8 Å². The topological polar surface area (TPSA) is 49.4 Å². The van der Waals surface area contributed by atoms with Crippen molar-refractivity contribution < 1.29 is 9.59 Å². The average Bonchev–Trinajstić information content (AvgIpc) is 3.20. The van der Waals surface area contributed by atoms with E-state index >= 15 is 0 Å². The Morgan fingerprint density at radius 1 is 0.950 bits per heavy atom. The molecular weight excluding hydrogens is 252 g/mol. The smallest absolute Gasteiger partial charge is 0.225 e. The molecule has 0 bridgehead atoms. The predicted molar refractivity (Wildman–Crippen MR) is 77.0 cm³/mol. The lowest BCUT2D eigenvalue weighted by Gasteiger charge is -2.32. The van der Waals surface area contributed by atoms with Crippen LogP contribution in [0.2, 0.25) is 0 Å². The van der Waals surface area contributed by atoms with Gasteiger partial charge in [0.05, 0.1) is 5.92 Å². The highest BCUT2D eigenvalue weighted by atomic mass is 16.2. The van der Waals surface area contributed by atoms with E-state index in [-0.39, 0.29) is 17.7 Å². The van der Waals surface area contributed by atoms with Gasteiger partial charge in [0.25, 0.3) is 0 Å². The van der Waals surface area contributed by atoms with Crippen LogP contribution >= 0.6 is 0 Å². The van der Waals surface area contributed by atoms with Crippen molar-refractivity contribution in [2.75, 3.05) is 19.6 Å². The summed E-state index contributed by atoms with van der Waals surface area (Å²) in [5.74, 6) is 1.44. The molecular formula is C16H26N2O2. The highest BCUT2D eigenvalue weighted by molar-refractivity contribution is 5.83. The van der Waals surface area contributed by atoms with E-state index in [9.17, 15) is 9.59 Å². The van der Waals surface area contributed by atoms with Crippen molar-refractivity contribution in [1.29, 1.82) is 0 Å². The third-order valence-corrected chi connectivity index (χ3v) is 5.07. The number of hydrogen-bond donors (Lipinski definition) is 1. The number of likely N-dealkylation sites (tertiary alicyclic amines) is 1. The van der Waals surface area contributed by atoms with Crippen LogP contribution in [0.1, 0.15) is 51.4 Å². The summed E-state index contributed by atoms with van der Waals surface area (Å²) < 4.78 is 0. The molecule has 3 fully saturated rings. The van der Waals surface area contributed by atoms with Crippen LogP contribution in [0.15, 0.2) is 0 Å². The van der Waals surface area contributed by atoms with Gasteiger partial charge in [0.1, 0.15) is 0 Å².